The van der Waals surface area contributed by atoms with Gasteiger partial charge in [0.2, 0.25) is 0 Å². The molecular weight excluding hydrogens is 1080 g/mol. The summed E-state index contributed by atoms with van der Waals surface area (Å²) in [6, 6.07) is 0. The Kier molecular flexibility index (Phi) is 51.1. The summed E-state index contributed by atoms with van der Waals surface area (Å²) in [4.78, 5) is 72.1. The highest BCUT2D eigenvalue weighted by atomic mass is 31.2. The van der Waals surface area contributed by atoms with Gasteiger partial charge < -0.3 is 33.8 Å². The topological polar surface area (TPSA) is 237 Å². The van der Waals surface area contributed by atoms with Crippen LogP contribution in [0.1, 0.15) is 293 Å². The molecule has 3 unspecified atom stereocenters. The quantitative estimate of drug-likeness (QED) is 0.0222. The molecule has 0 aliphatic carbocycles. The largest absolute Gasteiger partial charge is 0.472 e. The minimum Gasteiger partial charge on any atom is -0.462 e. The first kappa shape index (κ1) is 79.1. The number of carbonyl (C=O) groups excluding carboxylic acids is 4. The van der Waals surface area contributed by atoms with Crippen molar-refractivity contribution in [1.29, 1.82) is 0 Å². The zero-order chi connectivity index (χ0) is 60.4. The van der Waals surface area contributed by atoms with Crippen LogP contribution >= 0.6 is 15.6 Å². The standard InChI is InChI=1S/C62H120O17P2/c1-9-55(8)41-33-25-20-21-27-35-43-60(65)73-49-58(79-62(67)45-37-29-19-13-16-24-32-40-54(6)7)51-77-81(70,71)75-47-56(63)46-74-80(68,69)76-50-57(78-61(66)44-36-28-18-12-15-23-31-39-53(4)5)48-72-59(64)42-34-26-17-11-10-14-22-30-38-52(2)3/h52-58,63H,9-51H2,1-8H3,(H,68,69)(H,70,71)/t55?,56-,57-,58-/m1/s1. The van der Waals surface area contributed by atoms with Gasteiger partial charge in [0.15, 0.2) is 12.2 Å². The fourth-order valence-electron chi connectivity index (χ4n) is 9.04. The van der Waals surface area contributed by atoms with Crippen LogP contribution in [0.3, 0.4) is 0 Å². The zero-order valence-corrected chi connectivity index (χ0v) is 54.2. The molecule has 3 N–H and O–H groups in total. The molecule has 0 aromatic heterocycles. The highest BCUT2D eigenvalue weighted by Gasteiger charge is 2.30. The van der Waals surface area contributed by atoms with Gasteiger partial charge in [-0.3, -0.25) is 37.3 Å². The second-order valence-electron chi connectivity index (χ2n) is 24.1. The van der Waals surface area contributed by atoms with Crippen molar-refractivity contribution < 1.29 is 80.2 Å². The van der Waals surface area contributed by atoms with Crippen LogP contribution < -0.4 is 0 Å². The van der Waals surface area contributed by atoms with E-state index in [0.29, 0.717) is 37.5 Å². The van der Waals surface area contributed by atoms with Gasteiger partial charge >= 0.3 is 39.5 Å². The number of phosphoric ester groups is 2. The molecule has 0 aromatic rings. The molecule has 480 valence electrons. The molecule has 0 saturated heterocycles. The fraction of sp³-hybridized carbons (Fsp3) is 0.935. The van der Waals surface area contributed by atoms with E-state index in [-0.39, 0.29) is 25.7 Å². The van der Waals surface area contributed by atoms with E-state index in [1.165, 1.54) is 89.9 Å². The van der Waals surface area contributed by atoms with Crippen molar-refractivity contribution in [3.05, 3.63) is 0 Å². The molecule has 0 aliphatic rings. The van der Waals surface area contributed by atoms with E-state index in [9.17, 15) is 43.2 Å². The van der Waals surface area contributed by atoms with Crippen molar-refractivity contribution in [3.63, 3.8) is 0 Å². The van der Waals surface area contributed by atoms with Gasteiger partial charge in [-0.1, -0.05) is 242 Å². The van der Waals surface area contributed by atoms with Crippen LogP contribution in [0.2, 0.25) is 0 Å². The average Bonchev–Trinajstić information content (AvgIpc) is 3.41. The second-order valence-corrected chi connectivity index (χ2v) is 27.0. The molecule has 0 heterocycles. The van der Waals surface area contributed by atoms with Crippen LogP contribution in [0, 0.1) is 23.7 Å². The van der Waals surface area contributed by atoms with Crippen LogP contribution in [0.15, 0.2) is 0 Å². The van der Waals surface area contributed by atoms with Gasteiger partial charge in [-0.2, -0.15) is 0 Å². The third-order valence-corrected chi connectivity index (χ3v) is 16.3. The highest BCUT2D eigenvalue weighted by molar-refractivity contribution is 7.47. The Balaban J connectivity index is 5.25. The van der Waals surface area contributed by atoms with Gasteiger partial charge in [0.05, 0.1) is 26.4 Å². The van der Waals surface area contributed by atoms with Crippen LogP contribution in [-0.2, 0) is 65.4 Å². The van der Waals surface area contributed by atoms with Gasteiger partial charge in [-0.15, -0.1) is 0 Å². The summed E-state index contributed by atoms with van der Waals surface area (Å²) >= 11 is 0. The molecule has 0 radical (unpaired) electrons. The van der Waals surface area contributed by atoms with E-state index in [1.54, 1.807) is 0 Å². The lowest BCUT2D eigenvalue weighted by Gasteiger charge is -2.21. The van der Waals surface area contributed by atoms with Crippen LogP contribution in [0.5, 0.6) is 0 Å². The minimum absolute atomic E-state index is 0.102. The summed E-state index contributed by atoms with van der Waals surface area (Å²) in [6.45, 7) is 13.9. The van der Waals surface area contributed by atoms with E-state index in [2.05, 4.69) is 55.4 Å². The maximum atomic E-state index is 12.9. The number of hydrogen-bond acceptors (Lipinski definition) is 15. The van der Waals surface area contributed by atoms with Crippen molar-refractivity contribution in [1.82, 2.24) is 0 Å². The summed E-state index contributed by atoms with van der Waals surface area (Å²) < 4.78 is 67.9. The number of carbonyl (C=O) groups is 4. The van der Waals surface area contributed by atoms with Crippen LogP contribution in [0.25, 0.3) is 0 Å². The lowest BCUT2D eigenvalue weighted by atomic mass is 10.00. The molecular formula is C62H120O17P2. The van der Waals surface area contributed by atoms with Crippen molar-refractivity contribution in [2.45, 2.75) is 311 Å². The Bertz CT molecular complexity index is 1630. The average molecular weight is 1200 g/mol. The number of unbranched alkanes of at least 4 members (excludes halogenated alkanes) is 24. The third kappa shape index (κ3) is 55.7. The molecule has 0 rings (SSSR count). The summed E-state index contributed by atoms with van der Waals surface area (Å²) in [5.74, 6) is 0.702. The smallest absolute Gasteiger partial charge is 0.462 e. The van der Waals surface area contributed by atoms with Crippen molar-refractivity contribution in [3.8, 4) is 0 Å². The van der Waals surface area contributed by atoms with E-state index >= 15 is 0 Å². The molecule has 17 nitrogen and oxygen atoms in total. The monoisotopic (exact) mass is 1200 g/mol. The molecule has 0 bridgehead atoms. The van der Waals surface area contributed by atoms with Gasteiger partial charge in [0, 0.05) is 25.7 Å². The van der Waals surface area contributed by atoms with E-state index in [4.69, 9.17) is 37.0 Å². The van der Waals surface area contributed by atoms with Crippen molar-refractivity contribution in [2.75, 3.05) is 39.6 Å². The summed E-state index contributed by atoms with van der Waals surface area (Å²) in [5, 5.41) is 10.5. The Morgan fingerprint density at radius 1 is 0.346 bits per heavy atom. The van der Waals surface area contributed by atoms with E-state index in [1.807, 2.05) is 0 Å². The van der Waals surface area contributed by atoms with Crippen molar-refractivity contribution >= 4 is 39.5 Å². The van der Waals surface area contributed by atoms with Crippen LogP contribution in [0.4, 0.5) is 0 Å². The van der Waals surface area contributed by atoms with E-state index in [0.717, 1.165) is 108 Å². The number of rotatable bonds is 59. The number of esters is 4. The lowest BCUT2D eigenvalue weighted by Crippen LogP contribution is -2.30. The maximum Gasteiger partial charge on any atom is 0.472 e. The van der Waals surface area contributed by atoms with Gasteiger partial charge in [-0.25, -0.2) is 9.13 Å². The molecule has 0 aliphatic heterocycles. The van der Waals surface area contributed by atoms with Crippen molar-refractivity contribution in [2.24, 2.45) is 23.7 Å². The second kappa shape index (κ2) is 52.4. The fourth-order valence-corrected chi connectivity index (χ4v) is 10.6. The number of aliphatic hydroxyl groups excluding tert-OH is 1. The SMILES string of the molecule is CCC(C)CCCCCCCCC(=O)OC[C@H](COP(=O)(O)OC[C@H](O)COP(=O)(O)OC[C@@H](COC(=O)CCCCCCCCCCC(C)C)OC(=O)CCCCCCCCCC(C)C)OC(=O)CCCCCCCCCC(C)C. The first-order valence-electron chi connectivity index (χ1n) is 32.2. The normalized spacial score (nSPS) is 14.8. The summed E-state index contributed by atoms with van der Waals surface area (Å²) in [6.07, 6.45) is 31.0. The molecule has 0 fully saturated rings. The van der Waals surface area contributed by atoms with Gasteiger partial charge in [0.25, 0.3) is 0 Å². The first-order valence-corrected chi connectivity index (χ1v) is 35.2. The Labute approximate surface area is 492 Å². The minimum atomic E-state index is -4.94. The Morgan fingerprint density at radius 3 is 0.877 bits per heavy atom. The van der Waals surface area contributed by atoms with Gasteiger partial charge in [-0.05, 0) is 49.4 Å². The number of phosphoric acid groups is 2. The molecule has 81 heavy (non-hydrogen) atoms. The lowest BCUT2D eigenvalue weighted by molar-refractivity contribution is -0.161. The molecule has 6 atom stereocenters. The predicted octanol–water partition coefficient (Wildman–Crippen LogP) is 16.6. The highest BCUT2D eigenvalue weighted by Crippen LogP contribution is 2.45. The molecule has 0 saturated carbocycles. The predicted molar refractivity (Wildman–Crippen MR) is 321 cm³/mol. The summed E-state index contributed by atoms with van der Waals surface area (Å²) in [5.41, 5.74) is 0. The molecule has 19 heteroatoms. The van der Waals surface area contributed by atoms with Gasteiger partial charge in [0.1, 0.15) is 19.3 Å². The number of aliphatic hydroxyl groups is 1. The summed E-state index contributed by atoms with van der Waals surface area (Å²) in [7, 11) is -9.88. The van der Waals surface area contributed by atoms with E-state index < -0.39 is 97.5 Å². The molecule has 0 spiro atoms. The zero-order valence-electron chi connectivity index (χ0n) is 52.4. The Hall–Kier alpha value is -1.94. The number of hydrogen-bond donors (Lipinski definition) is 3. The number of ether oxygens (including phenoxy) is 4. The molecule has 0 amide bonds. The van der Waals surface area contributed by atoms with Crippen LogP contribution in [-0.4, -0.2) is 96.7 Å². The first-order chi connectivity index (χ1) is 38.6. The Morgan fingerprint density at radius 2 is 0.593 bits per heavy atom. The molecule has 0 aromatic carbocycles. The maximum absolute atomic E-state index is 12.9. The third-order valence-electron chi connectivity index (χ3n) is 14.4.